The van der Waals surface area contributed by atoms with Gasteiger partial charge in [-0.15, -0.1) is 0 Å². The molecule has 1 aromatic heterocycles. The van der Waals surface area contributed by atoms with E-state index in [1.165, 1.54) is 7.05 Å². The van der Waals surface area contributed by atoms with Crippen molar-refractivity contribution < 1.29 is 14.3 Å². The first-order valence-electron chi connectivity index (χ1n) is 5.94. The number of carbonyl (C=O) groups is 1. The number of rotatable bonds is 0. The van der Waals surface area contributed by atoms with Crippen molar-refractivity contribution in [3.8, 4) is 0 Å². The van der Waals surface area contributed by atoms with Gasteiger partial charge in [0.15, 0.2) is 0 Å². The lowest BCUT2D eigenvalue weighted by atomic mass is 10.1. The van der Waals surface area contributed by atoms with E-state index in [1.54, 1.807) is 12.1 Å². The molecule has 0 unspecified atom stereocenters. The van der Waals surface area contributed by atoms with Crippen molar-refractivity contribution in [3.05, 3.63) is 58.8 Å². The Balaban J connectivity index is 0.000000257. The largest absolute Gasteiger partial charge is 0.465 e. The molecule has 102 valence electrons. The number of fused-ring (bicyclic) bond motifs is 2. The molecular weight excluding hydrogens is 258 g/mol. The topological polar surface area (TPSA) is 79.5 Å². The summed E-state index contributed by atoms with van der Waals surface area (Å²) < 4.78 is 5.63. The van der Waals surface area contributed by atoms with Crippen LogP contribution in [0.25, 0.3) is 21.9 Å². The van der Waals surface area contributed by atoms with Crippen LogP contribution in [-0.2, 0) is 0 Å². The molecule has 0 saturated carbocycles. The normalized spacial score (nSPS) is 9.85. The van der Waals surface area contributed by atoms with Gasteiger partial charge in [0.05, 0.1) is 10.8 Å². The lowest BCUT2D eigenvalue weighted by Crippen LogP contribution is -2.13. The van der Waals surface area contributed by atoms with Crippen LogP contribution < -0.4 is 10.7 Å². The molecule has 0 aliphatic rings. The predicted molar refractivity (Wildman–Crippen MR) is 77.1 cm³/mol. The average molecular weight is 271 g/mol. The summed E-state index contributed by atoms with van der Waals surface area (Å²) in [4.78, 5) is 21.3. The van der Waals surface area contributed by atoms with E-state index in [9.17, 15) is 9.59 Å². The summed E-state index contributed by atoms with van der Waals surface area (Å²) in [5, 5.41) is 10.8. The lowest BCUT2D eigenvalue weighted by molar-refractivity contribution is 0.197. The fourth-order valence-electron chi connectivity index (χ4n) is 1.75. The van der Waals surface area contributed by atoms with Crippen molar-refractivity contribution in [2.24, 2.45) is 0 Å². The Kier molecular flexibility index (Phi) is 4.00. The molecule has 1 amide bonds. The predicted octanol–water partition coefficient (Wildman–Crippen LogP) is 2.83. The van der Waals surface area contributed by atoms with E-state index in [0.29, 0.717) is 21.9 Å². The number of benzene rings is 2. The second-order valence-electron chi connectivity index (χ2n) is 3.98. The van der Waals surface area contributed by atoms with Gasteiger partial charge in [-0.2, -0.15) is 0 Å². The third-order valence-electron chi connectivity index (χ3n) is 2.70. The zero-order chi connectivity index (χ0) is 14.5. The van der Waals surface area contributed by atoms with E-state index in [-0.39, 0.29) is 5.43 Å². The van der Waals surface area contributed by atoms with Crippen LogP contribution in [-0.4, -0.2) is 18.2 Å². The van der Waals surface area contributed by atoms with Crippen LogP contribution in [0, 0.1) is 0 Å². The minimum Gasteiger partial charge on any atom is -0.465 e. The summed E-state index contributed by atoms with van der Waals surface area (Å²) in [6.45, 7) is 0. The van der Waals surface area contributed by atoms with Crippen LogP contribution in [0.5, 0.6) is 0 Å². The van der Waals surface area contributed by atoms with Gasteiger partial charge in [0.2, 0.25) is 5.43 Å². The highest BCUT2D eigenvalue weighted by Gasteiger charge is 2.04. The van der Waals surface area contributed by atoms with E-state index in [4.69, 9.17) is 9.52 Å². The van der Waals surface area contributed by atoms with Crippen molar-refractivity contribution in [2.45, 2.75) is 0 Å². The minimum atomic E-state index is -0.995. The molecule has 0 saturated heterocycles. The first-order chi connectivity index (χ1) is 9.63. The highest BCUT2D eigenvalue weighted by Crippen LogP contribution is 2.17. The number of nitrogens with one attached hydrogen (secondary N) is 1. The fraction of sp³-hybridized carbons (Fsp3) is 0.0667. The van der Waals surface area contributed by atoms with E-state index >= 15 is 0 Å². The Labute approximate surface area is 114 Å². The van der Waals surface area contributed by atoms with E-state index < -0.39 is 6.09 Å². The molecule has 5 nitrogen and oxygen atoms in total. The summed E-state index contributed by atoms with van der Waals surface area (Å²) in [5.41, 5.74) is 1.31. The van der Waals surface area contributed by atoms with Gasteiger partial charge < -0.3 is 14.8 Å². The summed E-state index contributed by atoms with van der Waals surface area (Å²) in [6, 6.07) is 14.6. The molecule has 3 rings (SSSR count). The van der Waals surface area contributed by atoms with Crippen LogP contribution >= 0.6 is 0 Å². The van der Waals surface area contributed by atoms with Crippen molar-refractivity contribution >= 4 is 28.0 Å². The van der Waals surface area contributed by atoms with Gasteiger partial charge >= 0.3 is 6.09 Å². The molecule has 5 heteroatoms. The second-order valence-corrected chi connectivity index (χ2v) is 3.98. The average Bonchev–Trinajstić information content (AvgIpc) is 2.48. The molecule has 2 N–H and O–H groups in total. The SMILES string of the molecule is CNC(=O)O.O=c1c2ccccc2oc2ccccc12. The molecule has 0 fully saturated rings. The van der Waals surface area contributed by atoms with Crippen LogP contribution in [0.3, 0.4) is 0 Å². The molecule has 0 aliphatic heterocycles. The van der Waals surface area contributed by atoms with Crippen molar-refractivity contribution in [1.29, 1.82) is 0 Å². The summed E-state index contributed by atoms with van der Waals surface area (Å²) in [7, 11) is 1.35. The Morgan fingerprint density at radius 1 is 1.00 bits per heavy atom. The first kappa shape index (κ1) is 13.6. The Morgan fingerprint density at radius 3 is 1.80 bits per heavy atom. The monoisotopic (exact) mass is 271 g/mol. The van der Waals surface area contributed by atoms with Crippen LogP contribution in [0.1, 0.15) is 0 Å². The quantitative estimate of drug-likeness (QED) is 0.616. The van der Waals surface area contributed by atoms with Crippen LogP contribution in [0.4, 0.5) is 4.79 Å². The van der Waals surface area contributed by atoms with Gasteiger partial charge in [0, 0.05) is 7.05 Å². The molecule has 0 atom stereocenters. The van der Waals surface area contributed by atoms with Gasteiger partial charge in [-0.3, -0.25) is 4.79 Å². The maximum absolute atomic E-state index is 12.0. The lowest BCUT2D eigenvalue weighted by Gasteiger charge is -1.99. The van der Waals surface area contributed by atoms with Gasteiger partial charge in [-0.25, -0.2) is 4.79 Å². The molecule has 0 aliphatic carbocycles. The van der Waals surface area contributed by atoms with Gasteiger partial charge in [-0.05, 0) is 24.3 Å². The Hall–Kier alpha value is -2.82. The highest BCUT2D eigenvalue weighted by atomic mass is 16.4. The molecule has 1 heterocycles. The molecular formula is C15H13NO4. The van der Waals surface area contributed by atoms with Gasteiger partial charge in [-0.1, -0.05) is 24.3 Å². The second kappa shape index (κ2) is 5.88. The maximum Gasteiger partial charge on any atom is 0.404 e. The number of hydrogen-bond acceptors (Lipinski definition) is 3. The molecule has 0 spiro atoms. The molecule has 3 aromatic rings. The summed E-state index contributed by atoms with van der Waals surface area (Å²) in [6.07, 6.45) is -0.995. The number of hydrogen-bond donors (Lipinski definition) is 2. The van der Waals surface area contributed by atoms with Crippen molar-refractivity contribution in [2.75, 3.05) is 7.05 Å². The number of para-hydroxylation sites is 2. The molecule has 0 radical (unpaired) electrons. The van der Waals surface area contributed by atoms with Crippen molar-refractivity contribution in [1.82, 2.24) is 5.32 Å². The third kappa shape index (κ3) is 2.77. The standard InChI is InChI=1S/C13H8O2.C2H5NO2/c14-13-9-5-1-3-7-11(9)15-12-8-4-2-6-10(12)13;1-3-2(4)5/h1-8H;3H,1H3,(H,4,5). The Bertz CT molecular complexity index is 750. The van der Waals surface area contributed by atoms with E-state index in [2.05, 4.69) is 0 Å². The first-order valence-corrected chi connectivity index (χ1v) is 5.94. The van der Waals surface area contributed by atoms with Gasteiger partial charge in [0.1, 0.15) is 11.2 Å². The number of carboxylic acid groups (broad SMARTS) is 1. The number of amides is 1. The Morgan fingerprint density at radius 2 is 1.40 bits per heavy atom. The molecule has 2 aromatic carbocycles. The third-order valence-corrected chi connectivity index (χ3v) is 2.70. The van der Waals surface area contributed by atoms with E-state index in [1.807, 2.05) is 41.7 Å². The van der Waals surface area contributed by atoms with Crippen LogP contribution in [0.2, 0.25) is 0 Å². The smallest absolute Gasteiger partial charge is 0.404 e. The molecule has 20 heavy (non-hydrogen) atoms. The van der Waals surface area contributed by atoms with E-state index in [0.717, 1.165) is 0 Å². The molecule has 0 bridgehead atoms. The summed E-state index contributed by atoms with van der Waals surface area (Å²) >= 11 is 0. The zero-order valence-electron chi connectivity index (χ0n) is 10.8. The summed E-state index contributed by atoms with van der Waals surface area (Å²) in [5.74, 6) is 0. The van der Waals surface area contributed by atoms with Gasteiger partial charge in [0.25, 0.3) is 0 Å². The zero-order valence-corrected chi connectivity index (χ0v) is 10.8. The highest BCUT2D eigenvalue weighted by molar-refractivity contribution is 5.89. The van der Waals surface area contributed by atoms with Crippen molar-refractivity contribution in [3.63, 3.8) is 0 Å². The maximum atomic E-state index is 12.0. The van der Waals surface area contributed by atoms with Crippen LogP contribution in [0.15, 0.2) is 57.7 Å². The fourth-order valence-corrected chi connectivity index (χ4v) is 1.75. The minimum absolute atomic E-state index is 0.0347.